The van der Waals surface area contributed by atoms with E-state index < -0.39 is 0 Å². The Morgan fingerprint density at radius 3 is 2.62 bits per heavy atom. The van der Waals surface area contributed by atoms with Crippen LogP contribution in [0.5, 0.6) is 0 Å². The molecule has 0 aliphatic heterocycles. The Kier molecular flexibility index (Phi) is 4.03. The molecular weight excluding hydrogens is 254 g/mol. The average molecular weight is 281 g/mol. The first-order valence-electron chi connectivity index (χ1n) is 8.26. The zero-order valence-electron chi connectivity index (χ0n) is 13.3. The Labute approximate surface area is 128 Å². The highest BCUT2D eigenvalue weighted by Crippen LogP contribution is 2.43. The third-order valence-electron chi connectivity index (χ3n) is 5.34. The lowest BCUT2D eigenvalue weighted by Gasteiger charge is -2.40. The van der Waals surface area contributed by atoms with Gasteiger partial charge in [0.25, 0.3) is 0 Å². The summed E-state index contributed by atoms with van der Waals surface area (Å²) in [6.45, 7) is 5.66. The molecule has 2 N–H and O–H groups in total. The number of hydrogen-bond donors (Lipinski definition) is 1. The van der Waals surface area contributed by atoms with Crippen molar-refractivity contribution in [3.05, 3.63) is 48.0 Å². The second-order valence-corrected chi connectivity index (χ2v) is 7.51. The molecule has 0 heterocycles. The van der Waals surface area contributed by atoms with Crippen molar-refractivity contribution in [1.29, 1.82) is 0 Å². The Bertz CT molecular complexity index is 609. The molecule has 0 spiro atoms. The Morgan fingerprint density at radius 1 is 1.05 bits per heavy atom. The smallest absolute Gasteiger partial charge is 0.00461 e. The van der Waals surface area contributed by atoms with Gasteiger partial charge >= 0.3 is 0 Å². The zero-order valence-corrected chi connectivity index (χ0v) is 13.3. The van der Waals surface area contributed by atoms with E-state index in [9.17, 15) is 0 Å². The van der Waals surface area contributed by atoms with Gasteiger partial charge < -0.3 is 5.73 Å². The second-order valence-electron chi connectivity index (χ2n) is 7.51. The Morgan fingerprint density at radius 2 is 1.81 bits per heavy atom. The van der Waals surface area contributed by atoms with E-state index in [1.54, 1.807) is 0 Å². The van der Waals surface area contributed by atoms with E-state index >= 15 is 0 Å². The molecular formula is C20H27N. The van der Waals surface area contributed by atoms with Crippen molar-refractivity contribution in [2.75, 3.05) is 6.54 Å². The van der Waals surface area contributed by atoms with E-state index in [0.717, 1.165) is 12.5 Å². The molecule has 2 unspecified atom stereocenters. The molecule has 0 aromatic heterocycles. The maximum absolute atomic E-state index is 6.05. The summed E-state index contributed by atoms with van der Waals surface area (Å²) in [5.74, 6) is 1.42. The van der Waals surface area contributed by atoms with E-state index in [2.05, 4.69) is 56.3 Å². The van der Waals surface area contributed by atoms with Crippen LogP contribution in [0.1, 0.15) is 38.7 Å². The molecule has 21 heavy (non-hydrogen) atoms. The predicted molar refractivity (Wildman–Crippen MR) is 91.3 cm³/mol. The molecule has 2 aromatic rings. The van der Waals surface area contributed by atoms with Crippen molar-refractivity contribution < 1.29 is 0 Å². The van der Waals surface area contributed by atoms with Gasteiger partial charge in [-0.25, -0.2) is 0 Å². The average Bonchev–Trinajstić information content (AvgIpc) is 2.47. The summed E-state index contributed by atoms with van der Waals surface area (Å²) in [6, 6.07) is 15.5. The molecule has 1 heteroatoms. The summed E-state index contributed by atoms with van der Waals surface area (Å²) in [4.78, 5) is 0. The van der Waals surface area contributed by atoms with Crippen LogP contribution < -0.4 is 5.73 Å². The highest BCUT2D eigenvalue weighted by Gasteiger charge is 2.34. The molecule has 3 rings (SSSR count). The number of rotatable bonds is 3. The topological polar surface area (TPSA) is 26.0 Å². The maximum atomic E-state index is 6.05. The van der Waals surface area contributed by atoms with E-state index in [0.29, 0.717) is 11.3 Å². The minimum atomic E-state index is 0.473. The fraction of sp³-hybridized carbons (Fsp3) is 0.500. The molecule has 112 valence electrons. The van der Waals surface area contributed by atoms with Crippen molar-refractivity contribution in [2.24, 2.45) is 23.0 Å². The van der Waals surface area contributed by atoms with Gasteiger partial charge in [0, 0.05) is 0 Å². The molecule has 1 saturated carbocycles. The van der Waals surface area contributed by atoms with E-state index in [1.807, 2.05) is 0 Å². The van der Waals surface area contributed by atoms with Gasteiger partial charge in [-0.2, -0.15) is 0 Å². The molecule has 0 bridgehead atoms. The largest absolute Gasteiger partial charge is 0.330 e. The first-order valence-corrected chi connectivity index (χ1v) is 8.26. The molecule has 2 atom stereocenters. The Hall–Kier alpha value is -1.34. The summed E-state index contributed by atoms with van der Waals surface area (Å²) in [5, 5.41) is 2.77. The summed E-state index contributed by atoms with van der Waals surface area (Å²) >= 11 is 0. The van der Waals surface area contributed by atoms with Crippen molar-refractivity contribution in [2.45, 2.75) is 39.5 Å². The molecule has 2 aromatic carbocycles. The van der Waals surface area contributed by atoms with E-state index in [1.165, 1.54) is 42.0 Å². The first-order chi connectivity index (χ1) is 10.1. The summed E-state index contributed by atoms with van der Waals surface area (Å²) < 4.78 is 0. The van der Waals surface area contributed by atoms with Crippen LogP contribution in [0.2, 0.25) is 0 Å². The van der Waals surface area contributed by atoms with Crippen LogP contribution in [0, 0.1) is 17.3 Å². The zero-order chi connectivity index (χ0) is 14.9. The Balaban J connectivity index is 1.89. The second kappa shape index (κ2) is 5.81. The quantitative estimate of drug-likeness (QED) is 0.860. The van der Waals surface area contributed by atoms with E-state index in [4.69, 9.17) is 5.73 Å². The number of fused-ring (bicyclic) bond motifs is 1. The van der Waals surface area contributed by atoms with Crippen LogP contribution in [0.4, 0.5) is 0 Å². The molecule has 1 fully saturated rings. The third-order valence-corrected chi connectivity index (χ3v) is 5.34. The van der Waals surface area contributed by atoms with Crippen LogP contribution in [-0.4, -0.2) is 6.54 Å². The molecule has 1 aliphatic carbocycles. The number of hydrogen-bond acceptors (Lipinski definition) is 1. The fourth-order valence-electron chi connectivity index (χ4n) is 4.09. The van der Waals surface area contributed by atoms with E-state index in [-0.39, 0.29) is 0 Å². The lowest BCUT2D eigenvalue weighted by atomic mass is 9.65. The van der Waals surface area contributed by atoms with Gasteiger partial charge in [-0.3, -0.25) is 0 Å². The van der Waals surface area contributed by atoms with Gasteiger partial charge in [0.05, 0.1) is 0 Å². The fourth-order valence-corrected chi connectivity index (χ4v) is 4.09. The van der Waals surface area contributed by atoms with Gasteiger partial charge in [0.1, 0.15) is 0 Å². The van der Waals surface area contributed by atoms with Crippen molar-refractivity contribution >= 4 is 10.8 Å². The number of nitrogens with two attached hydrogens (primary N) is 1. The highest BCUT2D eigenvalue weighted by atomic mass is 14.6. The maximum Gasteiger partial charge on any atom is -0.00461 e. The van der Waals surface area contributed by atoms with Crippen LogP contribution in [0.3, 0.4) is 0 Å². The van der Waals surface area contributed by atoms with Gasteiger partial charge in [-0.15, -0.1) is 0 Å². The normalized spacial score (nSPS) is 25.1. The van der Waals surface area contributed by atoms with Crippen molar-refractivity contribution in [3.63, 3.8) is 0 Å². The first kappa shape index (κ1) is 14.6. The summed E-state index contributed by atoms with van der Waals surface area (Å²) in [5.41, 5.74) is 8.02. The van der Waals surface area contributed by atoms with Gasteiger partial charge in [0.15, 0.2) is 0 Å². The van der Waals surface area contributed by atoms with Crippen LogP contribution in [0.15, 0.2) is 42.5 Å². The van der Waals surface area contributed by atoms with Gasteiger partial charge in [-0.05, 0) is 65.8 Å². The highest BCUT2D eigenvalue weighted by molar-refractivity contribution is 5.85. The minimum Gasteiger partial charge on any atom is -0.330 e. The lowest BCUT2D eigenvalue weighted by molar-refractivity contribution is 0.122. The molecule has 0 amide bonds. The standard InChI is InChI=1S/C20H27N/c1-20(2)11-10-17(14-21)18(13-20)12-16-8-5-7-15-6-3-4-9-19(15)16/h3-9,17-18H,10-14,21H2,1-2H3. The summed E-state index contributed by atoms with van der Waals surface area (Å²) in [7, 11) is 0. The van der Waals surface area contributed by atoms with Gasteiger partial charge in [0.2, 0.25) is 0 Å². The lowest BCUT2D eigenvalue weighted by Crippen LogP contribution is -2.35. The van der Waals surface area contributed by atoms with Crippen LogP contribution in [0.25, 0.3) is 10.8 Å². The molecule has 1 nitrogen and oxygen atoms in total. The van der Waals surface area contributed by atoms with Crippen LogP contribution >= 0.6 is 0 Å². The van der Waals surface area contributed by atoms with Gasteiger partial charge in [-0.1, -0.05) is 56.3 Å². The van der Waals surface area contributed by atoms with Crippen molar-refractivity contribution in [1.82, 2.24) is 0 Å². The minimum absolute atomic E-state index is 0.473. The molecule has 0 radical (unpaired) electrons. The molecule has 0 saturated heterocycles. The SMILES string of the molecule is CC1(C)CCC(CN)C(Cc2cccc3ccccc23)C1. The number of benzene rings is 2. The van der Waals surface area contributed by atoms with Crippen molar-refractivity contribution in [3.8, 4) is 0 Å². The van der Waals surface area contributed by atoms with Crippen LogP contribution in [-0.2, 0) is 6.42 Å². The monoisotopic (exact) mass is 281 g/mol. The predicted octanol–water partition coefficient (Wildman–Crippen LogP) is 4.78. The summed E-state index contributed by atoms with van der Waals surface area (Å²) in [6.07, 6.45) is 5.09. The third kappa shape index (κ3) is 3.13. The molecule has 1 aliphatic rings.